The Bertz CT molecular complexity index is 1280. The molecule has 1 aliphatic heterocycles. The number of benzene rings is 2. The zero-order valence-electron chi connectivity index (χ0n) is 16.2. The van der Waals surface area contributed by atoms with Crippen molar-refractivity contribution in [3.63, 3.8) is 0 Å². The van der Waals surface area contributed by atoms with E-state index in [-0.39, 0.29) is 35.7 Å². The van der Waals surface area contributed by atoms with Crippen LogP contribution in [0.4, 0.5) is 4.39 Å². The molecule has 8 nitrogen and oxygen atoms in total. The van der Waals surface area contributed by atoms with Crippen molar-refractivity contribution in [2.24, 2.45) is 7.05 Å². The number of sulfonamides is 1. The fourth-order valence-electron chi connectivity index (χ4n) is 3.57. The van der Waals surface area contributed by atoms with Gasteiger partial charge in [-0.15, -0.1) is 0 Å². The van der Waals surface area contributed by atoms with E-state index in [4.69, 9.17) is 4.42 Å². The molecule has 0 spiro atoms. The highest BCUT2D eigenvalue weighted by atomic mass is 32.2. The van der Waals surface area contributed by atoms with E-state index in [0.717, 1.165) is 0 Å². The highest BCUT2D eigenvalue weighted by molar-refractivity contribution is 7.89. The standard InChI is InChI=1S/C20H20FN3O5S/c1-22-17-8-7-14(13-18(17)29-20(22)26)30(27,28)24-10-4-9-23(11-12-24)19(25)15-5-2-3-6-16(15)21/h2-3,5-8,13H,4,9-12H2,1H3. The summed E-state index contributed by atoms with van der Waals surface area (Å²) in [6.07, 6.45) is 0.419. The lowest BCUT2D eigenvalue weighted by Crippen LogP contribution is -2.37. The summed E-state index contributed by atoms with van der Waals surface area (Å²) in [4.78, 5) is 25.8. The minimum Gasteiger partial charge on any atom is -0.408 e. The smallest absolute Gasteiger partial charge is 0.408 e. The number of hydrogen-bond acceptors (Lipinski definition) is 5. The number of oxazole rings is 1. The van der Waals surface area contributed by atoms with Gasteiger partial charge in [-0.05, 0) is 30.7 Å². The molecular formula is C20H20FN3O5S. The highest BCUT2D eigenvalue weighted by Gasteiger charge is 2.29. The van der Waals surface area contributed by atoms with Crippen molar-refractivity contribution in [3.8, 4) is 0 Å². The summed E-state index contributed by atoms with van der Waals surface area (Å²) in [6.45, 7) is 0.778. The zero-order valence-corrected chi connectivity index (χ0v) is 17.1. The Morgan fingerprint density at radius 2 is 1.83 bits per heavy atom. The van der Waals surface area contributed by atoms with Gasteiger partial charge in [0, 0.05) is 39.3 Å². The van der Waals surface area contributed by atoms with Gasteiger partial charge < -0.3 is 9.32 Å². The van der Waals surface area contributed by atoms with E-state index in [1.807, 2.05) is 0 Å². The number of halogens is 1. The van der Waals surface area contributed by atoms with E-state index in [0.29, 0.717) is 18.5 Å². The second-order valence-electron chi connectivity index (χ2n) is 7.09. The Kier molecular flexibility index (Phi) is 5.20. The van der Waals surface area contributed by atoms with Crippen LogP contribution in [0.15, 0.2) is 56.6 Å². The number of carbonyl (C=O) groups is 1. The molecule has 2 aromatic carbocycles. The van der Waals surface area contributed by atoms with Crippen LogP contribution in [0, 0.1) is 5.82 Å². The molecule has 4 rings (SSSR count). The molecule has 1 amide bonds. The van der Waals surface area contributed by atoms with Crippen LogP contribution < -0.4 is 5.76 Å². The van der Waals surface area contributed by atoms with Crippen LogP contribution in [0.2, 0.25) is 0 Å². The molecule has 0 saturated carbocycles. The normalized spacial score (nSPS) is 16.0. The monoisotopic (exact) mass is 433 g/mol. The van der Waals surface area contributed by atoms with Gasteiger partial charge in [0.15, 0.2) is 5.58 Å². The predicted octanol–water partition coefficient (Wildman–Crippen LogP) is 1.81. The highest BCUT2D eigenvalue weighted by Crippen LogP contribution is 2.23. The molecule has 0 bridgehead atoms. The second kappa shape index (κ2) is 7.69. The van der Waals surface area contributed by atoms with Gasteiger partial charge in [-0.3, -0.25) is 9.36 Å². The van der Waals surface area contributed by atoms with Crippen molar-refractivity contribution in [2.75, 3.05) is 26.2 Å². The van der Waals surface area contributed by atoms with Crippen LogP contribution >= 0.6 is 0 Å². The lowest BCUT2D eigenvalue weighted by molar-refractivity contribution is 0.0759. The Morgan fingerprint density at radius 3 is 2.60 bits per heavy atom. The Morgan fingerprint density at radius 1 is 1.07 bits per heavy atom. The van der Waals surface area contributed by atoms with Crippen molar-refractivity contribution in [1.29, 1.82) is 0 Å². The van der Waals surface area contributed by atoms with Gasteiger partial charge in [0.1, 0.15) is 5.82 Å². The molecule has 158 valence electrons. The van der Waals surface area contributed by atoms with Gasteiger partial charge >= 0.3 is 5.76 Å². The van der Waals surface area contributed by atoms with Crippen LogP contribution in [-0.4, -0.2) is 54.3 Å². The molecule has 10 heteroatoms. The van der Waals surface area contributed by atoms with Crippen molar-refractivity contribution in [1.82, 2.24) is 13.8 Å². The van der Waals surface area contributed by atoms with Crippen molar-refractivity contribution < 1.29 is 22.0 Å². The van der Waals surface area contributed by atoms with E-state index < -0.39 is 27.5 Å². The summed E-state index contributed by atoms with van der Waals surface area (Å²) in [5.41, 5.74) is 0.657. The van der Waals surface area contributed by atoms with E-state index in [1.54, 1.807) is 6.07 Å². The first kappa shape index (κ1) is 20.3. The first-order valence-corrected chi connectivity index (χ1v) is 10.9. The molecule has 30 heavy (non-hydrogen) atoms. The van der Waals surface area contributed by atoms with Crippen LogP contribution in [-0.2, 0) is 17.1 Å². The fourth-order valence-corrected chi connectivity index (χ4v) is 5.05. The molecular weight excluding hydrogens is 413 g/mol. The van der Waals surface area contributed by atoms with Gasteiger partial charge in [0.2, 0.25) is 10.0 Å². The lowest BCUT2D eigenvalue weighted by Gasteiger charge is -2.22. The van der Waals surface area contributed by atoms with Crippen LogP contribution in [0.25, 0.3) is 11.1 Å². The molecule has 0 N–H and O–H groups in total. The Hall–Kier alpha value is -2.98. The lowest BCUT2D eigenvalue weighted by atomic mass is 10.2. The molecule has 0 atom stereocenters. The van der Waals surface area contributed by atoms with E-state index >= 15 is 0 Å². The molecule has 1 aliphatic rings. The summed E-state index contributed by atoms with van der Waals surface area (Å²) in [6, 6.07) is 10.0. The quantitative estimate of drug-likeness (QED) is 0.628. The maximum Gasteiger partial charge on any atom is 0.419 e. The Balaban J connectivity index is 1.56. The average Bonchev–Trinajstić information content (AvgIpc) is 2.90. The third-order valence-electron chi connectivity index (χ3n) is 5.25. The molecule has 2 heterocycles. The minimum atomic E-state index is -3.85. The fraction of sp³-hybridized carbons (Fsp3) is 0.300. The van der Waals surface area contributed by atoms with E-state index in [1.165, 1.54) is 57.2 Å². The summed E-state index contributed by atoms with van der Waals surface area (Å²) >= 11 is 0. The van der Waals surface area contributed by atoms with E-state index in [2.05, 4.69) is 0 Å². The number of aromatic nitrogens is 1. The number of fused-ring (bicyclic) bond motifs is 1. The number of nitrogens with zero attached hydrogens (tertiary/aromatic N) is 3. The second-order valence-corrected chi connectivity index (χ2v) is 9.02. The summed E-state index contributed by atoms with van der Waals surface area (Å²) < 4.78 is 47.9. The minimum absolute atomic E-state index is 0.0123. The third kappa shape index (κ3) is 3.52. The van der Waals surface area contributed by atoms with Gasteiger partial charge in [0.05, 0.1) is 16.0 Å². The maximum absolute atomic E-state index is 14.0. The third-order valence-corrected chi connectivity index (χ3v) is 7.14. The number of rotatable bonds is 3. The number of carbonyl (C=O) groups excluding carboxylic acids is 1. The first-order chi connectivity index (χ1) is 14.3. The average molecular weight is 433 g/mol. The SMILES string of the molecule is Cn1c(=O)oc2cc(S(=O)(=O)N3CCCN(C(=O)c4ccccc4F)CC3)ccc21. The van der Waals surface area contributed by atoms with Crippen molar-refractivity contribution in [3.05, 3.63) is 64.4 Å². The van der Waals surface area contributed by atoms with Crippen molar-refractivity contribution >= 4 is 27.0 Å². The predicted molar refractivity (Wildman–Crippen MR) is 107 cm³/mol. The molecule has 3 aromatic rings. The number of amides is 1. The van der Waals surface area contributed by atoms with Crippen LogP contribution in [0.3, 0.4) is 0 Å². The van der Waals surface area contributed by atoms with Gasteiger partial charge in [0.25, 0.3) is 5.91 Å². The van der Waals surface area contributed by atoms with Crippen molar-refractivity contribution in [2.45, 2.75) is 11.3 Å². The van der Waals surface area contributed by atoms with Crippen LogP contribution in [0.5, 0.6) is 0 Å². The molecule has 1 aromatic heterocycles. The molecule has 1 saturated heterocycles. The van der Waals surface area contributed by atoms with Crippen LogP contribution in [0.1, 0.15) is 16.8 Å². The number of hydrogen-bond donors (Lipinski definition) is 0. The van der Waals surface area contributed by atoms with Gasteiger partial charge in [-0.25, -0.2) is 17.6 Å². The summed E-state index contributed by atoms with van der Waals surface area (Å²) in [7, 11) is -2.31. The molecule has 1 fully saturated rings. The number of aryl methyl sites for hydroxylation is 1. The van der Waals surface area contributed by atoms with E-state index in [9.17, 15) is 22.4 Å². The summed E-state index contributed by atoms with van der Waals surface area (Å²) in [5.74, 6) is -1.63. The zero-order chi connectivity index (χ0) is 21.5. The van der Waals surface area contributed by atoms with Gasteiger partial charge in [-0.2, -0.15) is 4.31 Å². The largest absolute Gasteiger partial charge is 0.419 e. The summed E-state index contributed by atoms with van der Waals surface area (Å²) in [5, 5.41) is 0. The first-order valence-electron chi connectivity index (χ1n) is 9.42. The molecule has 0 radical (unpaired) electrons. The van der Waals surface area contributed by atoms with Gasteiger partial charge in [-0.1, -0.05) is 12.1 Å². The topological polar surface area (TPSA) is 92.8 Å². The molecule has 0 unspecified atom stereocenters. The maximum atomic E-state index is 14.0. The molecule has 0 aliphatic carbocycles. The Labute approximate surface area is 172 Å².